The number of nitrogens with two attached hydrogens (primary N) is 1. The summed E-state index contributed by atoms with van der Waals surface area (Å²) >= 11 is 0. The lowest BCUT2D eigenvalue weighted by atomic mass is 9.90. The highest BCUT2D eigenvalue weighted by Gasteiger charge is 2.22. The molecule has 0 aromatic heterocycles. The van der Waals surface area contributed by atoms with Gasteiger partial charge in [0, 0.05) is 63.9 Å². The van der Waals surface area contributed by atoms with Crippen LogP contribution in [0.2, 0.25) is 0 Å². The van der Waals surface area contributed by atoms with Gasteiger partial charge in [-0.25, -0.2) is 0 Å². The largest absolute Gasteiger partial charge is 0.398 e. The molecule has 1 aliphatic carbocycles. The Kier molecular flexibility index (Phi) is 12.3. The molecule has 34 heavy (non-hydrogen) atoms. The molecule has 0 bridgehead atoms. The third-order valence-corrected chi connectivity index (χ3v) is 6.82. The van der Waals surface area contributed by atoms with Crippen LogP contribution in [0.1, 0.15) is 86.6 Å². The van der Waals surface area contributed by atoms with Crippen LogP contribution in [0.5, 0.6) is 0 Å². The molecule has 0 aliphatic heterocycles. The summed E-state index contributed by atoms with van der Waals surface area (Å²) < 4.78 is 0. The maximum absolute atomic E-state index is 6.30. The smallest absolute Gasteiger partial charge is 0.0655 e. The van der Waals surface area contributed by atoms with Crippen LogP contribution in [-0.2, 0) is 0 Å². The summed E-state index contributed by atoms with van der Waals surface area (Å²) in [6, 6.07) is 8.07. The molecule has 194 valence electrons. The summed E-state index contributed by atoms with van der Waals surface area (Å²) in [7, 11) is 3.62. The number of rotatable bonds is 13. The van der Waals surface area contributed by atoms with Crippen molar-refractivity contribution in [1.29, 1.82) is 0 Å². The lowest BCUT2D eigenvalue weighted by Gasteiger charge is -2.32. The molecular weight excluding hydrogens is 420 g/mol. The minimum absolute atomic E-state index is 0. The minimum atomic E-state index is 0. The molecule has 0 spiro atoms. The van der Waals surface area contributed by atoms with E-state index in [2.05, 4.69) is 65.8 Å². The van der Waals surface area contributed by atoms with E-state index in [1.807, 2.05) is 25.4 Å². The fourth-order valence-corrected chi connectivity index (χ4v) is 4.88. The summed E-state index contributed by atoms with van der Waals surface area (Å²) in [5, 5.41) is 11.2. The van der Waals surface area contributed by atoms with Crippen molar-refractivity contribution in [1.82, 2.24) is 16.0 Å². The Morgan fingerprint density at radius 1 is 1.15 bits per heavy atom. The maximum atomic E-state index is 6.30. The predicted octanol–water partition coefficient (Wildman–Crippen LogP) is 5.49. The summed E-state index contributed by atoms with van der Waals surface area (Å²) in [6.07, 6.45) is 12.5. The van der Waals surface area contributed by atoms with Gasteiger partial charge in [-0.15, -0.1) is 0 Å². The number of nitrogens with zero attached hydrogens (tertiary/aromatic N) is 2. The van der Waals surface area contributed by atoms with Gasteiger partial charge in [0.15, 0.2) is 0 Å². The molecule has 1 fully saturated rings. The predicted molar refractivity (Wildman–Crippen MR) is 154 cm³/mol. The second kappa shape index (κ2) is 14.9. The van der Waals surface area contributed by atoms with Gasteiger partial charge in [-0.3, -0.25) is 15.3 Å². The van der Waals surface area contributed by atoms with Gasteiger partial charge in [-0.2, -0.15) is 0 Å². The molecule has 1 aromatic carbocycles. The van der Waals surface area contributed by atoms with Gasteiger partial charge in [-0.05, 0) is 68.2 Å². The van der Waals surface area contributed by atoms with Crippen molar-refractivity contribution in [3.05, 3.63) is 35.4 Å². The lowest BCUT2D eigenvalue weighted by Crippen LogP contribution is -2.45. The van der Waals surface area contributed by atoms with Crippen molar-refractivity contribution in [2.75, 3.05) is 26.5 Å². The van der Waals surface area contributed by atoms with Crippen LogP contribution < -0.4 is 21.7 Å². The van der Waals surface area contributed by atoms with Crippen molar-refractivity contribution in [2.24, 2.45) is 15.9 Å². The van der Waals surface area contributed by atoms with Gasteiger partial charge in [0.05, 0.1) is 6.67 Å². The fraction of sp³-hybridized carbons (Fsp3) is 0.643. The summed E-state index contributed by atoms with van der Waals surface area (Å²) in [4.78, 5) is 8.65. The average Bonchev–Trinajstić information content (AvgIpc) is 2.83. The van der Waals surface area contributed by atoms with Gasteiger partial charge in [0.1, 0.15) is 0 Å². The average molecular weight is 473 g/mol. The zero-order valence-electron chi connectivity index (χ0n) is 22.3. The Hall–Kier alpha value is -2.18. The molecule has 6 heteroatoms. The van der Waals surface area contributed by atoms with E-state index >= 15 is 0 Å². The van der Waals surface area contributed by atoms with Crippen molar-refractivity contribution in [2.45, 2.75) is 90.8 Å². The van der Waals surface area contributed by atoms with E-state index < -0.39 is 0 Å². The molecule has 5 N–H and O–H groups in total. The molecule has 1 unspecified atom stereocenters. The second-order valence-corrected chi connectivity index (χ2v) is 9.72. The highest BCUT2D eigenvalue weighted by molar-refractivity contribution is 6.06. The van der Waals surface area contributed by atoms with Crippen molar-refractivity contribution in [3.63, 3.8) is 0 Å². The SMILES string of the molecule is CCCC(CC)NC1CCC(NCN/C(=C\C=NC)c2ccc(N)c(C(=NC)C(C)C)c2)CC1.[HH].[HH]. The van der Waals surface area contributed by atoms with E-state index in [0.717, 1.165) is 34.9 Å². The molecule has 0 saturated heterocycles. The molecule has 1 aromatic rings. The van der Waals surface area contributed by atoms with Gasteiger partial charge in [-0.1, -0.05) is 40.2 Å². The van der Waals surface area contributed by atoms with Gasteiger partial charge >= 0.3 is 0 Å². The minimum Gasteiger partial charge on any atom is -0.398 e. The van der Waals surface area contributed by atoms with Crippen LogP contribution in [0.15, 0.2) is 34.3 Å². The molecule has 0 amide bonds. The first-order valence-corrected chi connectivity index (χ1v) is 13.2. The van der Waals surface area contributed by atoms with E-state index in [1.165, 1.54) is 44.9 Å². The summed E-state index contributed by atoms with van der Waals surface area (Å²) in [5.41, 5.74) is 11.2. The molecule has 0 heterocycles. The van der Waals surface area contributed by atoms with Crippen molar-refractivity contribution < 1.29 is 2.85 Å². The van der Waals surface area contributed by atoms with E-state index in [1.54, 1.807) is 7.05 Å². The van der Waals surface area contributed by atoms with Crippen molar-refractivity contribution >= 4 is 23.3 Å². The second-order valence-electron chi connectivity index (χ2n) is 9.72. The molecule has 1 saturated carbocycles. The van der Waals surface area contributed by atoms with Gasteiger partial charge < -0.3 is 16.4 Å². The fourth-order valence-electron chi connectivity index (χ4n) is 4.88. The summed E-state index contributed by atoms with van der Waals surface area (Å²) in [6.45, 7) is 9.58. The monoisotopic (exact) mass is 472 g/mol. The Balaban J connectivity index is 0.00000612. The van der Waals surface area contributed by atoms with Crippen LogP contribution in [0.25, 0.3) is 5.70 Å². The van der Waals surface area contributed by atoms with E-state index in [0.29, 0.717) is 24.0 Å². The van der Waals surface area contributed by atoms with E-state index in [4.69, 9.17) is 5.73 Å². The third-order valence-electron chi connectivity index (χ3n) is 6.82. The molecule has 1 atom stereocenters. The van der Waals surface area contributed by atoms with Gasteiger partial charge in [0.25, 0.3) is 0 Å². The number of aliphatic imine (C=N–C) groups is 2. The highest BCUT2D eigenvalue weighted by atomic mass is 15.1. The van der Waals surface area contributed by atoms with E-state index in [9.17, 15) is 0 Å². The van der Waals surface area contributed by atoms with Crippen LogP contribution in [-0.4, -0.2) is 50.8 Å². The number of nitrogen functional groups attached to an aromatic ring is 1. The van der Waals surface area contributed by atoms with Crippen LogP contribution >= 0.6 is 0 Å². The van der Waals surface area contributed by atoms with Crippen LogP contribution in [0.3, 0.4) is 0 Å². The Morgan fingerprint density at radius 3 is 2.44 bits per heavy atom. The topological polar surface area (TPSA) is 86.8 Å². The van der Waals surface area contributed by atoms with Crippen LogP contribution in [0.4, 0.5) is 5.69 Å². The zero-order chi connectivity index (χ0) is 24.9. The molecule has 0 radical (unpaired) electrons. The number of allylic oxidation sites excluding steroid dienone is 1. The summed E-state index contributed by atoms with van der Waals surface area (Å²) in [5.74, 6) is 0.306. The lowest BCUT2D eigenvalue weighted by molar-refractivity contribution is 0.279. The zero-order valence-corrected chi connectivity index (χ0v) is 22.3. The first kappa shape index (κ1) is 28.1. The Labute approximate surface area is 211 Å². The molecule has 6 nitrogen and oxygen atoms in total. The quantitative estimate of drug-likeness (QED) is 0.174. The first-order valence-electron chi connectivity index (χ1n) is 13.2. The number of nitrogens with one attached hydrogen (secondary N) is 3. The number of benzene rings is 1. The van der Waals surface area contributed by atoms with Crippen molar-refractivity contribution in [3.8, 4) is 0 Å². The van der Waals surface area contributed by atoms with Gasteiger partial charge in [0.2, 0.25) is 0 Å². The standard InChI is InChI=1S/C28H48N6.2H2/c1-7-9-22(8-2)34-24-13-11-23(12-14-24)32-19-33-27(16-17-30-5)21-10-15-26(29)25(18-21)28(31-6)20(3)4;;/h10,15-18,20,22-24,32-34H,7-9,11-14,19,29H2,1-6H3;2*1H/b27-16-,30-17?,31-28?;;. The number of anilines is 1. The Bertz CT molecular complexity index is 829. The third kappa shape index (κ3) is 8.55. The molecule has 2 rings (SSSR count). The normalized spacial score (nSPS) is 20.8. The maximum Gasteiger partial charge on any atom is 0.0655 e. The van der Waals surface area contributed by atoms with Crippen LogP contribution in [0, 0.1) is 5.92 Å². The van der Waals surface area contributed by atoms with E-state index in [-0.39, 0.29) is 2.85 Å². The molecular formula is C28H52N6. The first-order chi connectivity index (χ1) is 16.4. The molecule has 1 aliphatic rings. The Morgan fingerprint density at radius 2 is 1.85 bits per heavy atom. The highest BCUT2D eigenvalue weighted by Crippen LogP contribution is 2.23. The number of hydrogen-bond acceptors (Lipinski definition) is 6. The number of hydrogen-bond donors (Lipinski definition) is 4.